The maximum atomic E-state index is 9.72. The molecule has 4 heterocycles. The minimum absolute atomic E-state index is 0.0165. The van der Waals surface area contributed by atoms with Crippen molar-refractivity contribution < 1.29 is 14.9 Å². The van der Waals surface area contributed by atoms with Crippen molar-refractivity contribution in [1.29, 1.82) is 0 Å². The Hall–Kier alpha value is -3.08. The number of aliphatic hydroxyl groups is 2. The lowest BCUT2D eigenvalue weighted by molar-refractivity contribution is 0.0338. The molecule has 1 aromatic carbocycles. The number of aryl methyl sites for hydroxylation is 1. The molecule has 0 atom stereocenters. The first-order valence-corrected chi connectivity index (χ1v) is 11.3. The van der Waals surface area contributed by atoms with Crippen LogP contribution in [0.5, 0.6) is 0 Å². The van der Waals surface area contributed by atoms with Crippen LogP contribution in [0.1, 0.15) is 25.6 Å². The number of methoxy groups -OCH3 is 1. The van der Waals surface area contributed by atoms with Gasteiger partial charge in [-0.15, -0.1) is 0 Å². The van der Waals surface area contributed by atoms with E-state index in [1.165, 1.54) is 0 Å². The van der Waals surface area contributed by atoms with Crippen molar-refractivity contribution in [1.82, 2.24) is 29.5 Å². The Balaban J connectivity index is 1.55. The molecule has 0 aliphatic carbocycles. The first kappa shape index (κ1) is 21.7. The van der Waals surface area contributed by atoms with Gasteiger partial charge in [-0.25, -0.2) is 15.0 Å². The predicted molar refractivity (Wildman–Crippen MR) is 125 cm³/mol. The summed E-state index contributed by atoms with van der Waals surface area (Å²) >= 11 is 0. The van der Waals surface area contributed by atoms with Crippen molar-refractivity contribution in [3.05, 3.63) is 30.4 Å². The third kappa shape index (κ3) is 3.73. The highest BCUT2D eigenvalue weighted by Crippen LogP contribution is 2.34. The summed E-state index contributed by atoms with van der Waals surface area (Å²) in [6.07, 6.45) is 2.99. The van der Waals surface area contributed by atoms with Crippen LogP contribution in [0.4, 0.5) is 5.95 Å². The van der Waals surface area contributed by atoms with Crippen LogP contribution >= 0.6 is 0 Å². The molecular formula is C23H29N7O3. The molecule has 0 saturated carbocycles. The SMILES string of the molecule is CCn1c(COC)nc2cc(-c3nc(N4CCC(CO)(CO)CC4)nc4nc[nH]c34)ccc21. The van der Waals surface area contributed by atoms with Gasteiger partial charge in [0.2, 0.25) is 5.95 Å². The molecule has 0 spiro atoms. The van der Waals surface area contributed by atoms with Gasteiger partial charge < -0.3 is 29.4 Å². The zero-order valence-electron chi connectivity index (χ0n) is 19.0. The number of ether oxygens (including phenoxy) is 1. The number of aromatic nitrogens is 6. The fourth-order valence-corrected chi connectivity index (χ4v) is 4.64. The third-order valence-corrected chi connectivity index (χ3v) is 6.74. The number of aliphatic hydroxyl groups excluding tert-OH is 2. The van der Waals surface area contributed by atoms with E-state index in [-0.39, 0.29) is 13.2 Å². The van der Waals surface area contributed by atoms with Gasteiger partial charge in [0.1, 0.15) is 23.6 Å². The zero-order chi connectivity index (χ0) is 23.0. The van der Waals surface area contributed by atoms with Crippen LogP contribution in [0, 0.1) is 5.41 Å². The van der Waals surface area contributed by atoms with E-state index in [1.54, 1.807) is 13.4 Å². The van der Waals surface area contributed by atoms with Crippen LogP contribution in [0.2, 0.25) is 0 Å². The molecule has 174 valence electrons. The lowest BCUT2D eigenvalue weighted by Gasteiger charge is -2.39. The number of aromatic amines is 1. The average Bonchev–Trinajstić information content (AvgIpc) is 3.47. The quantitative estimate of drug-likeness (QED) is 0.390. The van der Waals surface area contributed by atoms with E-state index >= 15 is 0 Å². The molecule has 5 rings (SSSR count). The molecule has 0 radical (unpaired) electrons. The van der Waals surface area contributed by atoms with Gasteiger partial charge in [-0.05, 0) is 31.9 Å². The largest absolute Gasteiger partial charge is 0.396 e. The van der Waals surface area contributed by atoms with Crippen LogP contribution < -0.4 is 4.90 Å². The number of piperidine rings is 1. The number of imidazole rings is 2. The highest BCUT2D eigenvalue weighted by Gasteiger charge is 2.34. The van der Waals surface area contributed by atoms with Gasteiger partial charge in [-0.3, -0.25) is 0 Å². The Morgan fingerprint density at radius 2 is 1.91 bits per heavy atom. The Bertz CT molecular complexity index is 1270. The second-order valence-electron chi connectivity index (χ2n) is 8.69. The number of hydrogen-bond donors (Lipinski definition) is 3. The standard InChI is InChI=1S/C23H29N7O3/c1-3-30-17-5-4-15(10-16(17)26-18(30)11-33-2)19-20-21(25-14-24-20)28-22(27-19)29-8-6-23(12-31,13-32)7-9-29/h4-5,10,14,31-32H,3,6-9,11-13H2,1-2H3,(H,24,25,27,28). The van der Waals surface area contributed by atoms with Gasteiger partial charge >= 0.3 is 0 Å². The van der Waals surface area contributed by atoms with Gasteiger partial charge in [-0.2, -0.15) is 4.98 Å². The van der Waals surface area contributed by atoms with Gasteiger partial charge in [0.25, 0.3) is 0 Å². The molecule has 10 nitrogen and oxygen atoms in total. The second-order valence-corrected chi connectivity index (χ2v) is 8.69. The van der Waals surface area contributed by atoms with E-state index in [2.05, 4.69) is 43.5 Å². The molecule has 0 amide bonds. The Morgan fingerprint density at radius 3 is 2.61 bits per heavy atom. The van der Waals surface area contributed by atoms with Crippen LogP contribution in [0.25, 0.3) is 33.5 Å². The van der Waals surface area contributed by atoms with E-state index in [1.807, 2.05) is 6.07 Å². The lowest BCUT2D eigenvalue weighted by Crippen LogP contribution is -2.44. The lowest BCUT2D eigenvalue weighted by atomic mass is 9.80. The summed E-state index contributed by atoms with van der Waals surface area (Å²) in [7, 11) is 1.67. The minimum Gasteiger partial charge on any atom is -0.396 e. The number of rotatable bonds is 7. The van der Waals surface area contributed by atoms with E-state index in [0.717, 1.165) is 40.2 Å². The number of hydrogen-bond acceptors (Lipinski definition) is 8. The molecule has 1 saturated heterocycles. The highest BCUT2D eigenvalue weighted by molar-refractivity contribution is 5.91. The molecule has 10 heteroatoms. The summed E-state index contributed by atoms with van der Waals surface area (Å²) in [6.45, 7) is 4.66. The molecule has 33 heavy (non-hydrogen) atoms. The van der Waals surface area contributed by atoms with Crippen molar-refractivity contribution in [2.24, 2.45) is 5.41 Å². The highest BCUT2D eigenvalue weighted by atomic mass is 16.5. The Kier molecular flexibility index (Phi) is 5.73. The number of fused-ring (bicyclic) bond motifs is 2. The molecule has 3 aromatic heterocycles. The van der Waals surface area contributed by atoms with Crippen molar-refractivity contribution in [3.8, 4) is 11.3 Å². The summed E-state index contributed by atoms with van der Waals surface area (Å²) in [6, 6.07) is 6.17. The predicted octanol–water partition coefficient (Wildman–Crippen LogP) is 2.11. The number of anilines is 1. The molecule has 1 aliphatic heterocycles. The molecule has 1 fully saturated rings. The summed E-state index contributed by atoms with van der Waals surface area (Å²) in [5, 5.41) is 19.4. The molecule has 3 N–H and O–H groups in total. The molecule has 4 aromatic rings. The minimum atomic E-state index is -0.432. The van der Waals surface area contributed by atoms with E-state index < -0.39 is 5.41 Å². The van der Waals surface area contributed by atoms with Crippen molar-refractivity contribution in [2.45, 2.75) is 32.9 Å². The number of benzene rings is 1. The van der Waals surface area contributed by atoms with Crippen LogP contribution in [0.3, 0.4) is 0 Å². The molecule has 0 unspecified atom stereocenters. The van der Waals surface area contributed by atoms with Crippen LogP contribution in [-0.4, -0.2) is 73.1 Å². The fourth-order valence-electron chi connectivity index (χ4n) is 4.64. The number of nitrogens with one attached hydrogen (secondary N) is 1. The smallest absolute Gasteiger partial charge is 0.228 e. The zero-order valence-corrected chi connectivity index (χ0v) is 19.0. The summed E-state index contributed by atoms with van der Waals surface area (Å²) < 4.78 is 7.48. The van der Waals surface area contributed by atoms with E-state index in [9.17, 15) is 10.2 Å². The first-order valence-electron chi connectivity index (χ1n) is 11.3. The van der Waals surface area contributed by atoms with Gasteiger partial charge in [0.15, 0.2) is 5.65 Å². The maximum Gasteiger partial charge on any atom is 0.228 e. The first-order chi connectivity index (χ1) is 16.1. The normalized spacial score (nSPS) is 16.2. The van der Waals surface area contributed by atoms with Crippen molar-refractivity contribution >= 4 is 28.1 Å². The Labute approximate surface area is 191 Å². The molecular weight excluding hydrogens is 422 g/mol. The van der Waals surface area contributed by atoms with Crippen LogP contribution in [-0.2, 0) is 17.9 Å². The number of nitrogens with zero attached hydrogens (tertiary/aromatic N) is 6. The summed E-state index contributed by atoms with van der Waals surface area (Å²) in [4.78, 5) is 24.0. The molecule has 0 bridgehead atoms. The van der Waals surface area contributed by atoms with Gasteiger partial charge in [0.05, 0.1) is 30.6 Å². The second kappa shape index (κ2) is 8.69. The summed E-state index contributed by atoms with van der Waals surface area (Å²) in [5.41, 5.74) is 4.61. The fraction of sp³-hybridized carbons (Fsp3) is 0.478. The van der Waals surface area contributed by atoms with Crippen LogP contribution in [0.15, 0.2) is 24.5 Å². The summed E-state index contributed by atoms with van der Waals surface area (Å²) in [5.74, 6) is 1.50. The monoisotopic (exact) mass is 451 g/mol. The maximum absolute atomic E-state index is 9.72. The van der Waals surface area contributed by atoms with Crippen molar-refractivity contribution in [2.75, 3.05) is 38.3 Å². The van der Waals surface area contributed by atoms with E-state index in [0.29, 0.717) is 44.1 Å². The topological polar surface area (TPSA) is 125 Å². The van der Waals surface area contributed by atoms with E-state index in [4.69, 9.17) is 14.7 Å². The third-order valence-electron chi connectivity index (χ3n) is 6.74. The van der Waals surface area contributed by atoms with Gasteiger partial charge in [-0.1, -0.05) is 6.07 Å². The Morgan fingerprint density at radius 1 is 1.12 bits per heavy atom. The van der Waals surface area contributed by atoms with Gasteiger partial charge in [0, 0.05) is 37.7 Å². The molecule has 1 aliphatic rings. The number of H-pyrrole nitrogens is 1. The van der Waals surface area contributed by atoms with Crippen molar-refractivity contribution in [3.63, 3.8) is 0 Å². The average molecular weight is 452 g/mol.